The van der Waals surface area contributed by atoms with Crippen molar-refractivity contribution in [1.82, 2.24) is 0 Å². The van der Waals surface area contributed by atoms with Gasteiger partial charge in [0, 0.05) is 0 Å². The van der Waals surface area contributed by atoms with Gasteiger partial charge in [-0.05, 0) is 24.0 Å². The Bertz CT molecular complexity index is 456. The Labute approximate surface area is 107 Å². The Morgan fingerprint density at radius 3 is 2.71 bits per heavy atom. The topological polar surface area (TPSA) is 29.1 Å². The van der Waals surface area contributed by atoms with Gasteiger partial charge in [0.15, 0.2) is 0 Å². The van der Waals surface area contributed by atoms with Crippen LogP contribution >= 0.6 is 11.6 Å². The molecule has 1 amide bonds. The van der Waals surface area contributed by atoms with Crippen molar-refractivity contribution in [3.63, 3.8) is 0 Å². The van der Waals surface area contributed by atoms with Crippen LogP contribution in [0.1, 0.15) is 39.2 Å². The van der Waals surface area contributed by atoms with E-state index in [0.29, 0.717) is 5.02 Å². The van der Waals surface area contributed by atoms with Crippen LogP contribution in [-0.4, -0.2) is 5.91 Å². The highest BCUT2D eigenvalue weighted by molar-refractivity contribution is 6.34. The Morgan fingerprint density at radius 1 is 1.41 bits per heavy atom. The van der Waals surface area contributed by atoms with Crippen LogP contribution in [0.4, 0.5) is 5.69 Å². The molecule has 0 aromatic heterocycles. The van der Waals surface area contributed by atoms with E-state index in [2.05, 4.69) is 26.1 Å². The maximum absolute atomic E-state index is 12.4. The van der Waals surface area contributed by atoms with Gasteiger partial charge in [0.05, 0.1) is 16.1 Å². The second kappa shape index (κ2) is 4.34. The predicted octanol–water partition coefficient (Wildman–Crippen LogP) is 3.99. The molecule has 17 heavy (non-hydrogen) atoms. The van der Waals surface area contributed by atoms with Gasteiger partial charge in [0.2, 0.25) is 5.91 Å². The van der Waals surface area contributed by atoms with Gasteiger partial charge in [0.1, 0.15) is 0 Å². The fraction of sp³-hybridized carbons (Fsp3) is 0.500. The van der Waals surface area contributed by atoms with E-state index >= 15 is 0 Å². The number of nitrogens with one attached hydrogen (secondary N) is 1. The highest BCUT2D eigenvalue weighted by Crippen LogP contribution is 2.48. The molecular formula is C14H18ClNO. The third-order valence-corrected chi connectivity index (χ3v) is 4.08. The van der Waals surface area contributed by atoms with E-state index in [-0.39, 0.29) is 11.8 Å². The van der Waals surface area contributed by atoms with E-state index in [1.54, 1.807) is 0 Å². The second-order valence-electron chi connectivity index (χ2n) is 4.99. The summed E-state index contributed by atoms with van der Waals surface area (Å²) in [6, 6.07) is 5.77. The molecule has 1 unspecified atom stereocenters. The lowest BCUT2D eigenvalue weighted by Gasteiger charge is -2.31. The Morgan fingerprint density at radius 2 is 2.12 bits per heavy atom. The number of rotatable bonds is 3. The molecule has 0 bridgehead atoms. The van der Waals surface area contributed by atoms with E-state index in [1.807, 2.05) is 18.2 Å². The van der Waals surface area contributed by atoms with Crippen molar-refractivity contribution in [2.45, 2.75) is 39.0 Å². The molecule has 92 valence electrons. The van der Waals surface area contributed by atoms with Gasteiger partial charge in [-0.25, -0.2) is 0 Å². The van der Waals surface area contributed by atoms with E-state index in [9.17, 15) is 4.79 Å². The summed E-state index contributed by atoms with van der Waals surface area (Å²) >= 11 is 6.15. The largest absolute Gasteiger partial charge is 0.324 e. The van der Waals surface area contributed by atoms with Crippen molar-refractivity contribution in [3.8, 4) is 0 Å². The monoisotopic (exact) mass is 251 g/mol. The number of halogens is 1. The van der Waals surface area contributed by atoms with E-state index < -0.39 is 5.41 Å². The van der Waals surface area contributed by atoms with Crippen molar-refractivity contribution in [2.75, 3.05) is 5.32 Å². The first kappa shape index (κ1) is 12.4. The van der Waals surface area contributed by atoms with Crippen LogP contribution in [-0.2, 0) is 10.2 Å². The maximum Gasteiger partial charge on any atom is 0.235 e. The van der Waals surface area contributed by atoms with Crippen molar-refractivity contribution >= 4 is 23.2 Å². The minimum atomic E-state index is -0.408. The van der Waals surface area contributed by atoms with Gasteiger partial charge in [-0.3, -0.25) is 4.79 Å². The zero-order chi connectivity index (χ0) is 12.6. The molecule has 1 aromatic carbocycles. The smallest absolute Gasteiger partial charge is 0.235 e. The Balaban J connectivity index is 2.63. The molecule has 1 N–H and O–H groups in total. The number of para-hydroxylation sites is 1. The van der Waals surface area contributed by atoms with Crippen molar-refractivity contribution < 1.29 is 4.79 Å². The van der Waals surface area contributed by atoms with Gasteiger partial charge in [-0.15, -0.1) is 0 Å². The third kappa shape index (κ3) is 1.66. The third-order valence-electron chi connectivity index (χ3n) is 3.77. The SMILES string of the molecule is CCCC1(C(C)C)C(=O)Nc2c(Cl)cccc21. The molecule has 0 saturated heterocycles. The van der Waals surface area contributed by atoms with Crippen LogP contribution < -0.4 is 5.32 Å². The number of amides is 1. The van der Waals surface area contributed by atoms with Gasteiger partial charge >= 0.3 is 0 Å². The summed E-state index contributed by atoms with van der Waals surface area (Å²) < 4.78 is 0. The second-order valence-corrected chi connectivity index (χ2v) is 5.40. The normalized spacial score (nSPS) is 22.8. The quantitative estimate of drug-likeness (QED) is 0.865. The van der Waals surface area contributed by atoms with Gasteiger partial charge < -0.3 is 5.32 Å². The van der Waals surface area contributed by atoms with Crippen molar-refractivity contribution in [3.05, 3.63) is 28.8 Å². The molecule has 0 spiro atoms. The molecule has 3 heteroatoms. The molecule has 1 aliphatic rings. The van der Waals surface area contributed by atoms with Crippen LogP contribution in [0.3, 0.4) is 0 Å². The first-order chi connectivity index (χ1) is 8.04. The number of fused-ring (bicyclic) bond motifs is 1. The van der Waals surface area contributed by atoms with E-state index in [1.165, 1.54) is 0 Å². The van der Waals surface area contributed by atoms with Crippen LogP contribution in [0.15, 0.2) is 18.2 Å². The maximum atomic E-state index is 12.4. The fourth-order valence-corrected chi connectivity index (χ4v) is 3.10. The molecule has 1 atom stereocenters. The van der Waals surface area contributed by atoms with Crippen LogP contribution in [0.25, 0.3) is 0 Å². The minimum absolute atomic E-state index is 0.0949. The van der Waals surface area contributed by atoms with Gasteiger partial charge in [0.25, 0.3) is 0 Å². The molecule has 0 radical (unpaired) electrons. The number of anilines is 1. The highest BCUT2D eigenvalue weighted by atomic mass is 35.5. The lowest BCUT2D eigenvalue weighted by molar-refractivity contribution is -0.122. The molecule has 2 nitrogen and oxygen atoms in total. The first-order valence-electron chi connectivity index (χ1n) is 6.14. The number of benzene rings is 1. The average Bonchev–Trinajstić information content (AvgIpc) is 2.56. The lowest BCUT2D eigenvalue weighted by atomic mass is 9.69. The summed E-state index contributed by atoms with van der Waals surface area (Å²) in [7, 11) is 0. The molecule has 0 fully saturated rings. The average molecular weight is 252 g/mol. The fourth-order valence-electron chi connectivity index (χ4n) is 2.87. The summed E-state index contributed by atoms with van der Waals surface area (Å²) in [4.78, 5) is 12.4. The number of hydrogen-bond acceptors (Lipinski definition) is 1. The van der Waals surface area contributed by atoms with Crippen molar-refractivity contribution in [2.24, 2.45) is 5.92 Å². The zero-order valence-electron chi connectivity index (χ0n) is 10.5. The van der Waals surface area contributed by atoms with E-state index in [0.717, 1.165) is 24.1 Å². The zero-order valence-corrected chi connectivity index (χ0v) is 11.3. The molecule has 1 aromatic rings. The van der Waals surface area contributed by atoms with E-state index in [4.69, 9.17) is 11.6 Å². The Kier molecular flexibility index (Phi) is 3.17. The lowest BCUT2D eigenvalue weighted by Crippen LogP contribution is -2.39. The molecule has 0 saturated carbocycles. The summed E-state index contributed by atoms with van der Waals surface area (Å²) in [5, 5.41) is 3.59. The summed E-state index contributed by atoms with van der Waals surface area (Å²) in [6.45, 7) is 6.32. The summed E-state index contributed by atoms with van der Waals surface area (Å²) in [5.74, 6) is 0.361. The molecule has 1 aliphatic heterocycles. The number of hydrogen-bond donors (Lipinski definition) is 1. The van der Waals surface area contributed by atoms with Gasteiger partial charge in [-0.1, -0.05) is 50.9 Å². The summed E-state index contributed by atoms with van der Waals surface area (Å²) in [6.07, 6.45) is 1.85. The molecule has 2 rings (SSSR count). The predicted molar refractivity (Wildman–Crippen MR) is 71.5 cm³/mol. The molecule has 0 aliphatic carbocycles. The Hall–Kier alpha value is -1.02. The van der Waals surface area contributed by atoms with Crippen LogP contribution in [0, 0.1) is 5.92 Å². The highest BCUT2D eigenvalue weighted by Gasteiger charge is 2.48. The van der Waals surface area contributed by atoms with Crippen molar-refractivity contribution in [1.29, 1.82) is 0 Å². The first-order valence-corrected chi connectivity index (χ1v) is 6.52. The van der Waals surface area contributed by atoms with Crippen LogP contribution in [0.2, 0.25) is 5.02 Å². The van der Waals surface area contributed by atoms with Gasteiger partial charge in [-0.2, -0.15) is 0 Å². The van der Waals surface area contributed by atoms with Crippen LogP contribution in [0.5, 0.6) is 0 Å². The number of carbonyl (C=O) groups is 1. The number of carbonyl (C=O) groups excluding carboxylic acids is 1. The molecule has 1 heterocycles. The summed E-state index contributed by atoms with van der Waals surface area (Å²) in [5.41, 5.74) is 1.46. The molecular weight excluding hydrogens is 234 g/mol. The minimum Gasteiger partial charge on any atom is -0.324 e. The standard InChI is InChI=1S/C14H18ClNO/c1-4-8-14(9(2)3)10-6-5-7-11(15)12(10)16-13(14)17/h5-7,9H,4,8H2,1-3H3,(H,16,17).